The number of ether oxygens (including phenoxy) is 1. The summed E-state index contributed by atoms with van der Waals surface area (Å²) in [5, 5.41) is 7.15. The average molecular weight is 415 g/mol. The number of carbonyl (C=O) groups is 1. The first-order valence-corrected chi connectivity index (χ1v) is 9.47. The standard InChI is InChI=1S/C21H23ClN4O3/c1-21(2,3)26-17-10-16(29-4)14-9-15(20(28)25-18(14)24-17)19(27)23-11-12-5-7-13(22)8-6-12/h5-10H,11H2,1-4H3,(H,23,27)(H2,24,25,26,28). The molecule has 1 aromatic carbocycles. The highest BCUT2D eigenvalue weighted by atomic mass is 35.5. The second-order valence-electron chi connectivity index (χ2n) is 7.67. The average Bonchev–Trinajstić information content (AvgIpc) is 2.64. The first-order valence-electron chi connectivity index (χ1n) is 9.09. The number of aromatic amines is 1. The number of H-pyrrole nitrogens is 1. The molecule has 152 valence electrons. The molecule has 0 bridgehead atoms. The van der Waals surface area contributed by atoms with Gasteiger partial charge in [-0.05, 0) is 44.5 Å². The Labute approximate surface area is 173 Å². The molecular weight excluding hydrogens is 392 g/mol. The highest BCUT2D eigenvalue weighted by Crippen LogP contribution is 2.27. The van der Waals surface area contributed by atoms with Crippen molar-refractivity contribution in [2.24, 2.45) is 0 Å². The minimum absolute atomic E-state index is 0.0110. The van der Waals surface area contributed by atoms with Crippen LogP contribution in [0.4, 0.5) is 5.82 Å². The molecule has 0 saturated carbocycles. The highest BCUT2D eigenvalue weighted by molar-refractivity contribution is 6.30. The van der Waals surface area contributed by atoms with Crippen LogP contribution in [-0.4, -0.2) is 28.5 Å². The molecule has 7 nitrogen and oxygen atoms in total. The summed E-state index contributed by atoms with van der Waals surface area (Å²) in [6.45, 7) is 6.28. The molecule has 0 atom stereocenters. The maximum atomic E-state index is 12.6. The summed E-state index contributed by atoms with van der Waals surface area (Å²) in [6.07, 6.45) is 0. The molecule has 1 amide bonds. The van der Waals surface area contributed by atoms with Crippen LogP contribution in [0.15, 0.2) is 41.2 Å². The van der Waals surface area contributed by atoms with Crippen molar-refractivity contribution in [3.63, 3.8) is 0 Å². The molecule has 8 heteroatoms. The van der Waals surface area contributed by atoms with E-state index in [0.29, 0.717) is 27.6 Å². The number of rotatable bonds is 5. The molecular formula is C21H23ClN4O3. The number of hydrogen-bond acceptors (Lipinski definition) is 5. The Morgan fingerprint density at radius 1 is 1.21 bits per heavy atom. The van der Waals surface area contributed by atoms with Crippen molar-refractivity contribution in [1.82, 2.24) is 15.3 Å². The molecule has 3 N–H and O–H groups in total. The Balaban J connectivity index is 1.91. The fraction of sp³-hybridized carbons (Fsp3) is 0.286. The Hall–Kier alpha value is -3.06. The van der Waals surface area contributed by atoms with Crippen LogP contribution in [0.2, 0.25) is 5.02 Å². The predicted molar refractivity (Wildman–Crippen MR) is 115 cm³/mol. The smallest absolute Gasteiger partial charge is 0.262 e. The molecule has 3 rings (SSSR count). The molecule has 0 radical (unpaired) electrons. The summed E-state index contributed by atoms with van der Waals surface area (Å²) in [5.74, 6) is 0.587. The Bertz CT molecular complexity index is 1100. The lowest BCUT2D eigenvalue weighted by atomic mass is 10.1. The van der Waals surface area contributed by atoms with Gasteiger partial charge in [-0.25, -0.2) is 4.98 Å². The number of aromatic nitrogens is 2. The summed E-state index contributed by atoms with van der Waals surface area (Å²) in [4.78, 5) is 32.2. The van der Waals surface area contributed by atoms with E-state index in [1.807, 2.05) is 32.9 Å². The Kier molecular flexibility index (Phi) is 5.79. The van der Waals surface area contributed by atoms with Crippen LogP contribution < -0.4 is 20.9 Å². The largest absolute Gasteiger partial charge is 0.496 e. The molecule has 0 saturated heterocycles. The lowest BCUT2D eigenvalue weighted by Gasteiger charge is -2.22. The molecule has 2 heterocycles. The van der Waals surface area contributed by atoms with Gasteiger partial charge in [0.05, 0.1) is 12.5 Å². The van der Waals surface area contributed by atoms with Gasteiger partial charge < -0.3 is 20.4 Å². The molecule has 0 unspecified atom stereocenters. The molecule has 0 aliphatic rings. The number of methoxy groups -OCH3 is 1. The van der Waals surface area contributed by atoms with E-state index in [1.165, 1.54) is 13.2 Å². The third kappa shape index (κ3) is 5.06. The third-order valence-corrected chi connectivity index (χ3v) is 4.37. The minimum atomic E-state index is -0.520. The first kappa shape index (κ1) is 20.7. The van der Waals surface area contributed by atoms with Gasteiger partial charge in [0.1, 0.15) is 22.8 Å². The molecule has 3 aromatic rings. The maximum absolute atomic E-state index is 12.6. The number of carbonyl (C=O) groups excluding carboxylic acids is 1. The van der Waals surface area contributed by atoms with Gasteiger partial charge in [0.2, 0.25) is 0 Å². The van der Waals surface area contributed by atoms with Crippen molar-refractivity contribution in [2.45, 2.75) is 32.9 Å². The Morgan fingerprint density at radius 2 is 1.90 bits per heavy atom. The monoisotopic (exact) mass is 414 g/mol. The molecule has 0 fully saturated rings. The van der Waals surface area contributed by atoms with Crippen LogP contribution in [0.3, 0.4) is 0 Å². The van der Waals surface area contributed by atoms with Crippen LogP contribution in [-0.2, 0) is 6.54 Å². The SMILES string of the molecule is COc1cc(NC(C)(C)C)nc2[nH]c(=O)c(C(=O)NCc3ccc(Cl)cc3)cc12. The maximum Gasteiger partial charge on any atom is 0.262 e. The summed E-state index contributed by atoms with van der Waals surface area (Å²) < 4.78 is 5.45. The zero-order valence-electron chi connectivity index (χ0n) is 16.7. The van der Waals surface area contributed by atoms with Gasteiger partial charge in [-0.15, -0.1) is 0 Å². The zero-order chi connectivity index (χ0) is 21.2. The number of fused-ring (bicyclic) bond motifs is 1. The van der Waals surface area contributed by atoms with Gasteiger partial charge in [0, 0.05) is 23.2 Å². The zero-order valence-corrected chi connectivity index (χ0v) is 17.5. The van der Waals surface area contributed by atoms with E-state index in [2.05, 4.69) is 20.6 Å². The van der Waals surface area contributed by atoms with Crippen LogP contribution in [0, 0.1) is 0 Å². The van der Waals surface area contributed by atoms with Gasteiger partial charge in [0.15, 0.2) is 0 Å². The van der Waals surface area contributed by atoms with E-state index in [-0.39, 0.29) is 17.6 Å². The topological polar surface area (TPSA) is 96.1 Å². The number of halogens is 1. The number of pyridine rings is 2. The molecule has 0 aliphatic carbocycles. The van der Waals surface area contributed by atoms with E-state index in [9.17, 15) is 9.59 Å². The number of nitrogens with one attached hydrogen (secondary N) is 3. The van der Waals surface area contributed by atoms with Crippen molar-refractivity contribution in [3.05, 3.63) is 62.9 Å². The summed E-state index contributed by atoms with van der Waals surface area (Å²) in [6, 6.07) is 10.3. The van der Waals surface area contributed by atoms with Crippen LogP contribution in [0.5, 0.6) is 5.75 Å². The molecule has 29 heavy (non-hydrogen) atoms. The Morgan fingerprint density at radius 3 is 2.52 bits per heavy atom. The van der Waals surface area contributed by atoms with Crippen molar-refractivity contribution in [3.8, 4) is 5.75 Å². The van der Waals surface area contributed by atoms with E-state index >= 15 is 0 Å². The van der Waals surface area contributed by atoms with E-state index in [4.69, 9.17) is 16.3 Å². The number of anilines is 1. The number of nitrogens with zero attached hydrogens (tertiary/aromatic N) is 1. The molecule has 0 aliphatic heterocycles. The minimum Gasteiger partial charge on any atom is -0.496 e. The van der Waals surface area contributed by atoms with Gasteiger partial charge >= 0.3 is 0 Å². The first-order chi connectivity index (χ1) is 13.7. The predicted octanol–water partition coefficient (Wildman–Crippen LogP) is 3.73. The van der Waals surface area contributed by atoms with Crippen LogP contribution >= 0.6 is 11.6 Å². The summed E-state index contributed by atoms with van der Waals surface area (Å²) in [5.41, 5.74) is 0.470. The second-order valence-corrected chi connectivity index (χ2v) is 8.10. The quantitative estimate of drug-likeness (QED) is 0.591. The van der Waals surface area contributed by atoms with Gasteiger partial charge in [-0.3, -0.25) is 9.59 Å². The van der Waals surface area contributed by atoms with E-state index in [0.717, 1.165) is 5.56 Å². The second kappa shape index (κ2) is 8.13. The van der Waals surface area contributed by atoms with Crippen molar-refractivity contribution in [1.29, 1.82) is 0 Å². The number of hydrogen-bond donors (Lipinski definition) is 3. The van der Waals surface area contributed by atoms with Crippen molar-refractivity contribution < 1.29 is 9.53 Å². The number of benzene rings is 1. The lowest BCUT2D eigenvalue weighted by molar-refractivity contribution is 0.0949. The third-order valence-electron chi connectivity index (χ3n) is 4.12. The van der Waals surface area contributed by atoms with E-state index < -0.39 is 11.5 Å². The summed E-state index contributed by atoms with van der Waals surface area (Å²) in [7, 11) is 1.53. The van der Waals surface area contributed by atoms with Crippen LogP contribution in [0.25, 0.3) is 11.0 Å². The number of amides is 1. The molecule has 2 aromatic heterocycles. The fourth-order valence-corrected chi connectivity index (χ4v) is 2.94. The van der Waals surface area contributed by atoms with Gasteiger partial charge in [-0.2, -0.15) is 0 Å². The van der Waals surface area contributed by atoms with Crippen molar-refractivity contribution in [2.75, 3.05) is 12.4 Å². The van der Waals surface area contributed by atoms with E-state index in [1.54, 1.807) is 18.2 Å². The summed E-state index contributed by atoms with van der Waals surface area (Å²) >= 11 is 5.87. The van der Waals surface area contributed by atoms with Gasteiger partial charge in [0.25, 0.3) is 11.5 Å². The fourth-order valence-electron chi connectivity index (χ4n) is 2.82. The van der Waals surface area contributed by atoms with Crippen LogP contribution in [0.1, 0.15) is 36.7 Å². The molecule has 0 spiro atoms. The lowest BCUT2D eigenvalue weighted by Crippen LogP contribution is -2.29. The van der Waals surface area contributed by atoms with Gasteiger partial charge in [-0.1, -0.05) is 23.7 Å². The highest BCUT2D eigenvalue weighted by Gasteiger charge is 2.17. The van der Waals surface area contributed by atoms with Crippen molar-refractivity contribution >= 4 is 34.4 Å². The normalized spacial score (nSPS) is 11.3.